The zero-order chi connectivity index (χ0) is 16.8. The fraction of sp³-hybridized carbons (Fsp3) is 0.846. The Kier molecular flexibility index (Phi) is 4.12. The van der Waals surface area contributed by atoms with Crippen molar-refractivity contribution in [1.29, 1.82) is 0 Å². The number of carboxylic acid groups (broad SMARTS) is 1. The summed E-state index contributed by atoms with van der Waals surface area (Å²) in [6, 6.07) is -1.91. The lowest BCUT2D eigenvalue weighted by molar-refractivity contribution is -0.236. The third-order valence-electron chi connectivity index (χ3n) is 4.47. The lowest BCUT2D eigenvalue weighted by Gasteiger charge is -2.40. The van der Waals surface area contributed by atoms with E-state index in [9.17, 15) is 31.5 Å². The molecule has 4 nitrogen and oxygen atoms in total. The van der Waals surface area contributed by atoms with E-state index in [4.69, 9.17) is 5.11 Å². The van der Waals surface area contributed by atoms with E-state index in [1.165, 1.54) is 0 Å². The second kappa shape index (κ2) is 5.34. The van der Waals surface area contributed by atoms with E-state index in [1.807, 2.05) is 0 Å². The molecule has 0 unspecified atom stereocenters. The predicted octanol–water partition coefficient (Wildman–Crippen LogP) is 2.82. The van der Waals surface area contributed by atoms with Crippen molar-refractivity contribution in [2.45, 2.75) is 56.7 Å². The van der Waals surface area contributed by atoms with Gasteiger partial charge in [0.05, 0.1) is 6.54 Å². The Morgan fingerprint density at radius 3 is 2.09 bits per heavy atom. The minimum absolute atomic E-state index is 0.160. The zero-order valence-electron chi connectivity index (χ0n) is 11.6. The number of hydrogen-bond acceptors (Lipinski definition) is 2. The van der Waals surface area contributed by atoms with E-state index in [1.54, 1.807) is 0 Å². The first-order valence-corrected chi connectivity index (χ1v) is 6.99. The summed E-state index contributed by atoms with van der Waals surface area (Å²) in [5, 5.41) is 8.94. The number of carboxylic acids is 1. The van der Waals surface area contributed by atoms with E-state index < -0.39 is 61.2 Å². The highest BCUT2D eigenvalue weighted by Gasteiger charge is 2.64. The molecule has 2 aliphatic rings. The summed E-state index contributed by atoms with van der Waals surface area (Å²) in [6.45, 7) is -1.28. The van der Waals surface area contributed by atoms with E-state index >= 15 is 0 Å². The van der Waals surface area contributed by atoms with Gasteiger partial charge in [-0.1, -0.05) is 19.3 Å². The van der Waals surface area contributed by atoms with Crippen molar-refractivity contribution in [1.82, 2.24) is 4.90 Å². The van der Waals surface area contributed by atoms with Crippen LogP contribution in [0.1, 0.15) is 38.5 Å². The molecule has 1 aliphatic heterocycles. The van der Waals surface area contributed by atoms with Gasteiger partial charge in [-0.2, -0.15) is 13.2 Å². The first-order chi connectivity index (χ1) is 10.0. The molecule has 0 spiro atoms. The lowest BCUT2D eigenvalue weighted by atomic mass is 9.72. The molecule has 0 bridgehead atoms. The molecule has 9 heteroatoms. The third-order valence-corrected chi connectivity index (χ3v) is 4.47. The molecule has 22 heavy (non-hydrogen) atoms. The SMILES string of the molecule is O=C(O)[C@@H]1CC(F)(F)CN1C(=O)C1(C(F)(F)F)CCCCC1. The fourth-order valence-corrected chi connectivity index (χ4v) is 3.30. The molecule has 1 heterocycles. The van der Waals surface area contributed by atoms with Crippen LogP contribution in [-0.2, 0) is 9.59 Å². The van der Waals surface area contributed by atoms with Gasteiger partial charge in [-0.15, -0.1) is 0 Å². The second-order valence-electron chi connectivity index (χ2n) is 5.99. The quantitative estimate of drug-likeness (QED) is 0.793. The molecule has 1 N–H and O–H groups in total. The van der Waals surface area contributed by atoms with Crippen LogP contribution in [0.15, 0.2) is 0 Å². The van der Waals surface area contributed by atoms with Crippen LogP contribution in [0.2, 0.25) is 0 Å². The smallest absolute Gasteiger partial charge is 0.403 e. The maximum atomic E-state index is 13.4. The monoisotopic (exact) mass is 329 g/mol. The topological polar surface area (TPSA) is 57.6 Å². The number of carbonyl (C=O) groups is 2. The Morgan fingerprint density at radius 1 is 1.09 bits per heavy atom. The molecular weight excluding hydrogens is 313 g/mol. The summed E-state index contributed by atoms with van der Waals surface area (Å²) in [4.78, 5) is 23.6. The molecule has 1 amide bonds. The molecule has 0 aromatic rings. The summed E-state index contributed by atoms with van der Waals surface area (Å²) in [5.41, 5.74) is -2.74. The summed E-state index contributed by atoms with van der Waals surface area (Å²) in [5.74, 6) is -6.72. The van der Waals surface area contributed by atoms with Crippen molar-refractivity contribution in [3.63, 3.8) is 0 Å². The molecule has 1 atom stereocenters. The van der Waals surface area contributed by atoms with Gasteiger partial charge in [0.25, 0.3) is 5.92 Å². The number of aliphatic carboxylic acids is 1. The molecule has 0 aromatic carbocycles. The molecule has 126 valence electrons. The van der Waals surface area contributed by atoms with Gasteiger partial charge >= 0.3 is 12.1 Å². The van der Waals surface area contributed by atoms with Crippen molar-refractivity contribution >= 4 is 11.9 Å². The molecule has 1 saturated carbocycles. The average Bonchev–Trinajstić information content (AvgIpc) is 2.73. The van der Waals surface area contributed by atoms with Crippen LogP contribution in [0.25, 0.3) is 0 Å². The van der Waals surface area contributed by atoms with Gasteiger partial charge in [0.15, 0.2) is 0 Å². The van der Waals surface area contributed by atoms with Gasteiger partial charge in [0.2, 0.25) is 5.91 Å². The molecule has 1 saturated heterocycles. The maximum absolute atomic E-state index is 13.4. The number of carbonyl (C=O) groups excluding carboxylic acids is 1. The van der Waals surface area contributed by atoms with Gasteiger partial charge in [-0.25, -0.2) is 13.6 Å². The number of halogens is 5. The summed E-state index contributed by atoms with van der Waals surface area (Å²) >= 11 is 0. The average molecular weight is 329 g/mol. The van der Waals surface area contributed by atoms with E-state index in [-0.39, 0.29) is 17.7 Å². The molecule has 0 aromatic heterocycles. The Morgan fingerprint density at radius 2 is 1.64 bits per heavy atom. The highest BCUT2D eigenvalue weighted by molar-refractivity contribution is 5.89. The van der Waals surface area contributed by atoms with E-state index in [0.717, 1.165) is 0 Å². The van der Waals surface area contributed by atoms with E-state index in [0.29, 0.717) is 6.42 Å². The fourth-order valence-electron chi connectivity index (χ4n) is 3.30. The number of likely N-dealkylation sites (tertiary alicyclic amines) is 1. The van der Waals surface area contributed by atoms with Crippen LogP contribution >= 0.6 is 0 Å². The predicted molar refractivity (Wildman–Crippen MR) is 64.3 cm³/mol. The molecular formula is C13H16F5NO3. The number of hydrogen-bond donors (Lipinski definition) is 1. The minimum Gasteiger partial charge on any atom is -0.480 e. The highest BCUT2D eigenvalue weighted by atomic mass is 19.4. The van der Waals surface area contributed by atoms with Crippen LogP contribution in [0, 0.1) is 5.41 Å². The third kappa shape index (κ3) is 2.77. The Bertz CT molecular complexity index is 471. The van der Waals surface area contributed by atoms with Crippen LogP contribution in [-0.4, -0.2) is 46.6 Å². The minimum atomic E-state index is -4.88. The van der Waals surface area contributed by atoms with E-state index in [2.05, 4.69) is 0 Å². The second-order valence-corrected chi connectivity index (χ2v) is 5.99. The van der Waals surface area contributed by atoms with Crippen molar-refractivity contribution in [3.8, 4) is 0 Å². The molecule has 2 rings (SSSR count). The zero-order valence-corrected chi connectivity index (χ0v) is 11.6. The number of amides is 1. The molecule has 2 fully saturated rings. The maximum Gasteiger partial charge on any atom is 0.403 e. The summed E-state index contributed by atoms with van der Waals surface area (Å²) < 4.78 is 67.1. The van der Waals surface area contributed by atoms with Crippen molar-refractivity contribution in [2.75, 3.05) is 6.54 Å². The first kappa shape index (κ1) is 17.0. The standard InChI is InChI=1S/C13H16F5NO3/c14-12(15)6-8(9(20)21)19(7-12)10(22)11(13(16,17)18)4-2-1-3-5-11/h8H,1-7H2,(H,20,21)/t8-/m0/s1. The van der Waals surface area contributed by atoms with Gasteiger partial charge in [-0.05, 0) is 12.8 Å². The van der Waals surface area contributed by atoms with Crippen molar-refractivity contribution in [3.05, 3.63) is 0 Å². The lowest BCUT2D eigenvalue weighted by Crippen LogP contribution is -2.55. The summed E-state index contributed by atoms with van der Waals surface area (Å²) in [6.07, 6.45) is -6.15. The van der Waals surface area contributed by atoms with Crippen LogP contribution in [0.3, 0.4) is 0 Å². The Hall–Kier alpha value is -1.41. The van der Waals surface area contributed by atoms with Crippen LogP contribution < -0.4 is 0 Å². The van der Waals surface area contributed by atoms with Gasteiger partial charge < -0.3 is 10.0 Å². The first-order valence-electron chi connectivity index (χ1n) is 6.99. The number of nitrogens with zero attached hydrogens (tertiary/aromatic N) is 1. The molecule has 0 radical (unpaired) electrons. The van der Waals surface area contributed by atoms with Crippen molar-refractivity contribution < 1.29 is 36.6 Å². The highest BCUT2D eigenvalue weighted by Crippen LogP contribution is 2.51. The number of rotatable bonds is 2. The van der Waals surface area contributed by atoms with Crippen LogP contribution in [0.5, 0.6) is 0 Å². The summed E-state index contributed by atoms with van der Waals surface area (Å²) in [7, 11) is 0. The normalized spacial score (nSPS) is 27.7. The van der Waals surface area contributed by atoms with Crippen molar-refractivity contribution in [2.24, 2.45) is 5.41 Å². The largest absolute Gasteiger partial charge is 0.480 e. The van der Waals surface area contributed by atoms with Gasteiger partial charge in [-0.3, -0.25) is 4.79 Å². The molecule has 1 aliphatic carbocycles. The Labute approximate surface area is 123 Å². The number of alkyl halides is 5. The van der Waals surface area contributed by atoms with Crippen LogP contribution in [0.4, 0.5) is 22.0 Å². The Balaban J connectivity index is 2.36. The van der Waals surface area contributed by atoms with Gasteiger partial charge in [0, 0.05) is 6.42 Å². The van der Waals surface area contributed by atoms with Gasteiger partial charge in [0.1, 0.15) is 11.5 Å².